The first-order valence-corrected chi connectivity index (χ1v) is 8.01. The van der Waals surface area contributed by atoms with Crippen molar-refractivity contribution in [1.82, 2.24) is 4.90 Å². The molecule has 3 N–H and O–H groups in total. The number of anilines is 1. The van der Waals surface area contributed by atoms with Gasteiger partial charge in [-0.1, -0.05) is 25.5 Å². The van der Waals surface area contributed by atoms with Crippen LogP contribution < -0.4 is 11.1 Å². The summed E-state index contributed by atoms with van der Waals surface area (Å²) in [6.07, 6.45) is 4.76. The first-order chi connectivity index (χ1) is 10.2. The van der Waals surface area contributed by atoms with Gasteiger partial charge in [-0.25, -0.2) is 0 Å². The van der Waals surface area contributed by atoms with Gasteiger partial charge < -0.3 is 11.1 Å². The Morgan fingerprint density at radius 3 is 2.86 bits per heavy atom. The van der Waals surface area contributed by atoms with E-state index in [0.717, 1.165) is 30.6 Å². The van der Waals surface area contributed by atoms with Crippen LogP contribution in [0.1, 0.15) is 45.1 Å². The molecule has 0 heterocycles. The van der Waals surface area contributed by atoms with Gasteiger partial charge in [0.2, 0.25) is 5.91 Å². The van der Waals surface area contributed by atoms with E-state index in [9.17, 15) is 4.79 Å². The molecular formula is C17H27N3O. The molecule has 0 aromatic heterocycles. The Balaban J connectivity index is 1.96. The van der Waals surface area contributed by atoms with Crippen LogP contribution in [0.25, 0.3) is 0 Å². The molecule has 116 valence electrons. The van der Waals surface area contributed by atoms with Gasteiger partial charge in [0.05, 0.1) is 6.04 Å². The second kappa shape index (κ2) is 7.57. The fraction of sp³-hybridized carbons (Fsp3) is 0.588. The highest BCUT2D eigenvalue weighted by atomic mass is 16.2. The maximum atomic E-state index is 12.5. The number of carbonyl (C=O) groups is 1. The number of rotatable bonds is 8. The average Bonchev–Trinajstić information content (AvgIpc) is 3.32. The Kier molecular flexibility index (Phi) is 5.76. The van der Waals surface area contributed by atoms with E-state index in [1.807, 2.05) is 31.2 Å². The fourth-order valence-corrected chi connectivity index (χ4v) is 2.61. The van der Waals surface area contributed by atoms with Gasteiger partial charge in [0.15, 0.2) is 0 Å². The summed E-state index contributed by atoms with van der Waals surface area (Å²) in [6, 6.07) is 8.28. The molecule has 1 amide bonds. The molecule has 2 rings (SSSR count). The van der Waals surface area contributed by atoms with Gasteiger partial charge in [-0.05, 0) is 50.4 Å². The van der Waals surface area contributed by atoms with Crippen LogP contribution in [0.2, 0.25) is 0 Å². The molecule has 1 aromatic carbocycles. The van der Waals surface area contributed by atoms with Crippen LogP contribution in [-0.4, -0.2) is 29.4 Å². The molecule has 4 nitrogen and oxygen atoms in total. The third-order valence-corrected chi connectivity index (χ3v) is 4.09. The third kappa shape index (κ3) is 4.55. The van der Waals surface area contributed by atoms with Crippen molar-refractivity contribution in [3.05, 3.63) is 29.8 Å². The van der Waals surface area contributed by atoms with Gasteiger partial charge >= 0.3 is 0 Å². The molecule has 4 heteroatoms. The molecule has 1 atom stereocenters. The van der Waals surface area contributed by atoms with Gasteiger partial charge in [0.1, 0.15) is 0 Å². The molecule has 0 radical (unpaired) electrons. The first-order valence-electron chi connectivity index (χ1n) is 8.01. The molecule has 0 saturated heterocycles. The number of carbonyl (C=O) groups excluding carboxylic acids is 1. The molecule has 1 fully saturated rings. The van der Waals surface area contributed by atoms with E-state index in [-0.39, 0.29) is 11.9 Å². The van der Waals surface area contributed by atoms with Crippen molar-refractivity contribution in [2.24, 2.45) is 5.73 Å². The van der Waals surface area contributed by atoms with E-state index in [1.54, 1.807) is 0 Å². The summed E-state index contributed by atoms with van der Waals surface area (Å²) >= 11 is 0. The molecule has 0 bridgehead atoms. The topological polar surface area (TPSA) is 58.4 Å². The number of hydrogen-bond donors (Lipinski definition) is 2. The van der Waals surface area contributed by atoms with E-state index in [4.69, 9.17) is 5.73 Å². The maximum absolute atomic E-state index is 12.5. The predicted molar refractivity (Wildman–Crippen MR) is 87.1 cm³/mol. The highest BCUT2D eigenvalue weighted by molar-refractivity contribution is 5.94. The monoisotopic (exact) mass is 289 g/mol. The Hall–Kier alpha value is -1.39. The van der Waals surface area contributed by atoms with Crippen molar-refractivity contribution in [3.63, 3.8) is 0 Å². The molecule has 1 saturated carbocycles. The summed E-state index contributed by atoms with van der Waals surface area (Å²) in [4.78, 5) is 14.8. The molecule has 1 aliphatic rings. The summed E-state index contributed by atoms with van der Waals surface area (Å²) in [5, 5.41) is 3.02. The van der Waals surface area contributed by atoms with Crippen LogP contribution in [0.3, 0.4) is 0 Å². The third-order valence-electron chi connectivity index (χ3n) is 4.09. The molecule has 1 aromatic rings. The highest BCUT2D eigenvalue weighted by Crippen LogP contribution is 2.29. The van der Waals surface area contributed by atoms with Crippen LogP contribution in [0.15, 0.2) is 24.3 Å². The van der Waals surface area contributed by atoms with Crippen molar-refractivity contribution in [3.8, 4) is 0 Å². The highest BCUT2D eigenvalue weighted by Gasteiger charge is 2.34. The first kappa shape index (κ1) is 16.0. The minimum absolute atomic E-state index is 0.0761. The van der Waals surface area contributed by atoms with E-state index in [2.05, 4.69) is 17.1 Å². The van der Waals surface area contributed by atoms with Crippen LogP contribution in [0, 0.1) is 0 Å². The standard InChI is InChI=1S/C17H27N3O/c1-3-4-10-20(16-8-9-16)13(2)17(21)19-15-7-5-6-14(11-15)12-18/h5-7,11,13,16H,3-4,8-10,12,18H2,1-2H3,(H,19,21). The van der Waals surface area contributed by atoms with Gasteiger partial charge in [0, 0.05) is 18.3 Å². The van der Waals surface area contributed by atoms with Gasteiger partial charge in [-0.15, -0.1) is 0 Å². The van der Waals surface area contributed by atoms with Crippen molar-refractivity contribution >= 4 is 11.6 Å². The quantitative estimate of drug-likeness (QED) is 0.773. The number of hydrogen-bond acceptors (Lipinski definition) is 3. The zero-order valence-corrected chi connectivity index (χ0v) is 13.1. The lowest BCUT2D eigenvalue weighted by molar-refractivity contribution is -0.121. The lowest BCUT2D eigenvalue weighted by Gasteiger charge is -2.28. The minimum Gasteiger partial charge on any atom is -0.326 e. The van der Waals surface area contributed by atoms with Crippen LogP contribution >= 0.6 is 0 Å². The Labute approximate surface area is 127 Å². The minimum atomic E-state index is -0.0782. The summed E-state index contributed by atoms with van der Waals surface area (Å²) in [5.41, 5.74) is 7.51. The van der Waals surface area contributed by atoms with E-state index in [1.165, 1.54) is 12.8 Å². The molecule has 1 unspecified atom stereocenters. The SMILES string of the molecule is CCCCN(C1CC1)C(C)C(=O)Nc1cccc(CN)c1. The van der Waals surface area contributed by atoms with Crippen molar-refractivity contribution in [2.75, 3.05) is 11.9 Å². The molecule has 0 spiro atoms. The number of amides is 1. The lowest BCUT2D eigenvalue weighted by Crippen LogP contribution is -2.43. The Bertz CT molecular complexity index is 471. The van der Waals surface area contributed by atoms with Gasteiger partial charge in [-0.2, -0.15) is 0 Å². The van der Waals surface area contributed by atoms with Crippen molar-refractivity contribution < 1.29 is 4.79 Å². The largest absolute Gasteiger partial charge is 0.326 e. The van der Waals surface area contributed by atoms with E-state index >= 15 is 0 Å². The molecule has 0 aliphatic heterocycles. The summed E-state index contributed by atoms with van der Waals surface area (Å²) in [5.74, 6) is 0.0761. The number of unbranched alkanes of at least 4 members (excludes halogenated alkanes) is 1. The molecule has 21 heavy (non-hydrogen) atoms. The average molecular weight is 289 g/mol. The van der Waals surface area contributed by atoms with E-state index < -0.39 is 0 Å². The maximum Gasteiger partial charge on any atom is 0.241 e. The molecular weight excluding hydrogens is 262 g/mol. The number of nitrogens with two attached hydrogens (primary N) is 1. The lowest BCUT2D eigenvalue weighted by atomic mass is 10.2. The van der Waals surface area contributed by atoms with Gasteiger partial charge in [0.25, 0.3) is 0 Å². The zero-order chi connectivity index (χ0) is 15.2. The van der Waals surface area contributed by atoms with Crippen LogP contribution in [0.5, 0.6) is 0 Å². The smallest absolute Gasteiger partial charge is 0.241 e. The predicted octanol–water partition coefficient (Wildman–Crippen LogP) is 2.74. The second-order valence-corrected chi connectivity index (χ2v) is 5.89. The number of benzene rings is 1. The normalized spacial score (nSPS) is 16.0. The van der Waals surface area contributed by atoms with Crippen molar-refractivity contribution in [1.29, 1.82) is 0 Å². The van der Waals surface area contributed by atoms with Crippen molar-refractivity contribution in [2.45, 2.75) is 58.2 Å². The summed E-state index contributed by atoms with van der Waals surface area (Å²) in [7, 11) is 0. The number of nitrogens with zero attached hydrogens (tertiary/aromatic N) is 1. The Morgan fingerprint density at radius 2 is 2.24 bits per heavy atom. The zero-order valence-electron chi connectivity index (χ0n) is 13.1. The molecule has 1 aliphatic carbocycles. The van der Waals surface area contributed by atoms with Gasteiger partial charge in [-0.3, -0.25) is 9.69 Å². The summed E-state index contributed by atoms with van der Waals surface area (Å²) in [6.45, 7) is 5.70. The van der Waals surface area contributed by atoms with Crippen LogP contribution in [0.4, 0.5) is 5.69 Å². The number of nitrogens with one attached hydrogen (secondary N) is 1. The van der Waals surface area contributed by atoms with E-state index in [0.29, 0.717) is 12.6 Å². The second-order valence-electron chi connectivity index (χ2n) is 5.89. The Morgan fingerprint density at radius 1 is 1.48 bits per heavy atom. The fourth-order valence-electron chi connectivity index (χ4n) is 2.61. The summed E-state index contributed by atoms with van der Waals surface area (Å²) < 4.78 is 0. The van der Waals surface area contributed by atoms with Crippen LogP contribution in [-0.2, 0) is 11.3 Å².